The highest BCUT2D eigenvalue weighted by atomic mass is 32.2. The molecule has 9 nitrogen and oxygen atoms in total. The van der Waals surface area contributed by atoms with Crippen LogP contribution in [0.2, 0.25) is 0 Å². The number of amides is 2. The Morgan fingerprint density at radius 1 is 1.38 bits per heavy atom. The molecule has 0 saturated heterocycles. The number of carbonyl (C=O) groups excluding carboxylic acids is 2. The summed E-state index contributed by atoms with van der Waals surface area (Å²) in [5.74, 6) is -0.323. The van der Waals surface area contributed by atoms with Crippen LogP contribution in [0.3, 0.4) is 0 Å². The predicted molar refractivity (Wildman–Crippen MR) is 87.7 cm³/mol. The van der Waals surface area contributed by atoms with Crippen LogP contribution in [0.5, 0.6) is 0 Å². The van der Waals surface area contributed by atoms with Gasteiger partial charge in [0.15, 0.2) is 5.82 Å². The van der Waals surface area contributed by atoms with Crippen LogP contribution >= 0.6 is 0 Å². The summed E-state index contributed by atoms with van der Waals surface area (Å²) < 4.78 is 31.2. The van der Waals surface area contributed by atoms with Gasteiger partial charge in [-0.25, -0.2) is 12.7 Å². The lowest BCUT2D eigenvalue weighted by atomic mass is 10.1. The van der Waals surface area contributed by atoms with Crippen LogP contribution in [0.25, 0.3) is 0 Å². The zero-order valence-corrected chi connectivity index (χ0v) is 14.9. The van der Waals surface area contributed by atoms with Gasteiger partial charge in [-0.3, -0.25) is 9.59 Å². The molecule has 2 aromatic rings. The molecule has 1 aromatic heterocycles. The number of hydrogen-bond donors (Lipinski definition) is 1. The van der Waals surface area contributed by atoms with Crippen molar-refractivity contribution in [2.75, 3.05) is 0 Å². The highest BCUT2D eigenvalue weighted by Crippen LogP contribution is 2.39. The average Bonchev–Trinajstić information content (AvgIpc) is 3.28. The lowest BCUT2D eigenvalue weighted by Crippen LogP contribution is -2.32. The Hall–Kier alpha value is -2.75. The summed E-state index contributed by atoms with van der Waals surface area (Å²) in [4.78, 5) is 28.7. The van der Waals surface area contributed by atoms with Gasteiger partial charge in [0.25, 0.3) is 21.8 Å². The number of nitrogens with zero attached hydrogens (tertiary/aromatic N) is 3. The van der Waals surface area contributed by atoms with E-state index >= 15 is 0 Å². The van der Waals surface area contributed by atoms with Crippen molar-refractivity contribution in [3.8, 4) is 0 Å². The molecule has 2 amide bonds. The van der Waals surface area contributed by atoms with Gasteiger partial charge in [-0.15, -0.1) is 0 Å². The minimum absolute atomic E-state index is 0.106. The Kier molecular flexibility index (Phi) is 3.62. The fraction of sp³-hybridized carbons (Fsp3) is 0.375. The Morgan fingerprint density at radius 3 is 2.73 bits per heavy atom. The third-order valence-corrected chi connectivity index (χ3v) is 6.23. The van der Waals surface area contributed by atoms with E-state index in [9.17, 15) is 18.0 Å². The quantitative estimate of drug-likeness (QED) is 0.850. The molecule has 10 heteroatoms. The molecule has 136 valence electrons. The Balaban J connectivity index is 1.61. The summed E-state index contributed by atoms with van der Waals surface area (Å²) in [6, 6.07) is 3.25. The molecule has 1 saturated carbocycles. The molecule has 0 bridgehead atoms. The van der Waals surface area contributed by atoms with Crippen molar-refractivity contribution in [3.63, 3.8) is 0 Å². The summed E-state index contributed by atoms with van der Waals surface area (Å²) in [5.41, 5.74) is 0.245. The lowest BCUT2D eigenvalue weighted by Gasteiger charge is -2.13. The van der Waals surface area contributed by atoms with E-state index in [-0.39, 0.29) is 28.0 Å². The average molecular weight is 376 g/mol. The van der Waals surface area contributed by atoms with Gasteiger partial charge in [-0.05, 0) is 44.9 Å². The highest BCUT2D eigenvalue weighted by Gasteiger charge is 2.48. The normalized spacial score (nSPS) is 19.3. The molecule has 4 rings (SSSR count). The van der Waals surface area contributed by atoms with Gasteiger partial charge in [0, 0.05) is 11.6 Å². The van der Waals surface area contributed by atoms with Gasteiger partial charge in [0.05, 0.1) is 5.56 Å². The van der Waals surface area contributed by atoms with Crippen LogP contribution in [-0.4, -0.2) is 40.7 Å². The first kappa shape index (κ1) is 16.7. The van der Waals surface area contributed by atoms with Crippen LogP contribution in [0.1, 0.15) is 58.2 Å². The van der Waals surface area contributed by atoms with Crippen molar-refractivity contribution in [1.82, 2.24) is 19.8 Å². The molecule has 0 spiro atoms. The van der Waals surface area contributed by atoms with Crippen molar-refractivity contribution in [3.05, 3.63) is 41.0 Å². The van der Waals surface area contributed by atoms with E-state index < -0.39 is 27.9 Å². The minimum Gasteiger partial charge on any atom is -0.341 e. The number of aromatic nitrogens is 2. The Labute approximate surface area is 149 Å². The third-order valence-electron chi connectivity index (χ3n) is 4.35. The second-order valence-electron chi connectivity index (χ2n) is 6.42. The maximum atomic E-state index is 12.6. The largest absolute Gasteiger partial charge is 0.341 e. The minimum atomic E-state index is -3.90. The van der Waals surface area contributed by atoms with Crippen LogP contribution in [0, 0.1) is 6.92 Å². The Morgan fingerprint density at radius 2 is 2.12 bits per heavy atom. The van der Waals surface area contributed by atoms with E-state index in [4.69, 9.17) is 4.52 Å². The number of hydrogen-bond acceptors (Lipinski definition) is 7. The standard InChI is InChI=1S/C16H16N4O5S/c1-8(15-18-9(2)19-25-15)17-14(21)10-3-6-12-13(7-10)26(23,24)20(16(12)22)11-4-5-11/h3,6-8,11H,4-5H2,1-2H3,(H,17,21). The number of aryl methyl sites for hydroxylation is 1. The fourth-order valence-electron chi connectivity index (χ4n) is 2.89. The summed E-state index contributed by atoms with van der Waals surface area (Å²) in [7, 11) is -3.90. The highest BCUT2D eigenvalue weighted by molar-refractivity contribution is 7.90. The van der Waals surface area contributed by atoms with Crippen molar-refractivity contribution in [2.24, 2.45) is 0 Å². The molecule has 1 atom stereocenters. The first-order chi connectivity index (χ1) is 12.3. The zero-order chi connectivity index (χ0) is 18.6. The van der Waals surface area contributed by atoms with Crippen molar-refractivity contribution in [1.29, 1.82) is 0 Å². The first-order valence-electron chi connectivity index (χ1n) is 8.13. The SMILES string of the molecule is Cc1noc(C(C)NC(=O)c2ccc3c(c2)S(=O)(=O)N(C2CC2)C3=O)n1. The molecule has 1 unspecified atom stereocenters. The van der Waals surface area contributed by atoms with Crippen molar-refractivity contribution >= 4 is 21.8 Å². The van der Waals surface area contributed by atoms with Gasteiger partial charge in [-0.2, -0.15) is 4.98 Å². The number of nitrogens with one attached hydrogen (secondary N) is 1. The maximum Gasteiger partial charge on any atom is 0.269 e. The number of sulfonamides is 1. The van der Waals surface area contributed by atoms with Gasteiger partial charge < -0.3 is 9.84 Å². The van der Waals surface area contributed by atoms with E-state index in [2.05, 4.69) is 15.5 Å². The summed E-state index contributed by atoms with van der Waals surface area (Å²) in [6.07, 6.45) is 1.35. The van der Waals surface area contributed by atoms with Crippen molar-refractivity contribution in [2.45, 2.75) is 43.7 Å². The molecule has 1 aliphatic carbocycles. The lowest BCUT2D eigenvalue weighted by molar-refractivity contribution is 0.0863. The van der Waals surface area contributed by atoms with Crippen LogP contribution in [0.15, 0.2) is 27.6 Å². The van der Waals surface area contributed by atoms with Crippen molar-refractivity contribution < 1.29 is 22.5 Å². The third kappa shape index (κ3) is 2.57. The second kappa shape index (κ2) is 5.63. The van der Waals surface area contributed by atoms with E-state index in [0.717, 1.165) is 4.31 Å². The smallest absolute Gasteiger partial charge is 0.269 e. The fourth-order valence-corrected chi connectivity index (χ4v) is 4.73. The van der Waals surface area contributed by atoms with Gasteiger partial charge in [-0.1, -0.05) is 5.16 Å². The summed E-state index contributed by atoms with van der Waals surface area (Å²) in [6.45, 7) is 3.34. The molecule has 1 fully saturated rings. The number of rotatable bonds is 4. The van der Waals surface area contributed by atoms with Crippen LogP contribution < -0.4 is 5.32 Å². The van der Waals surface area contributed by atoms with Crippen LogP contribution in [0.4, 0.5) is 0 Å². The molecule has 2 heterocycles. The second-order valence-corrected chi connectivity index (χ2v) is 8.21. The van der Waals surface area contributed by atoms with Gasteiger partial charge >= 0.3 is 0 Å². The maximum absolute atomic E-state index is 12.6. The topological polar surface area (TPSA) is 122 Å². The van der Waals surface area contributed by atoms with E-state index in [1.54, 1.807) is 13.8 Å². The number of fused-ring (bicyclic) bond motifs is 1. The predicted octanol–water partition coefficient (Wildman–Crippen LogP) is 1.18. The Bertz CT molecular complexity index is 1030. The summed E-state index contributed by atoms with van der Waals surface area (Å²) in [5, 5.41) is 6.34. The molecular weight excluding hydrogens is 360 g/mol. The summed E-state index contributed by atoms with van der Waals surface area (Å²) >= 11 is 0. The number of carbonyl (C=O) groups is 2. The molecule has 1 aromatic carbocycles. The zero-order valence-electron chi connectivity index (χ0n) is 14.1. The molecule has 1 aliphatic heterocycles. The van der Waals surface area contributed by atoms with Gasteiger partial charge in [0.2, 0.25) is 5.89 Å². The molecule has 2 aliphatic rings. The van der Waals surface area contributed by atoms with Gasteiger partial charge in [0.1, 0.15) is 10.9 Å². The first-order valence-corrected chi connectivity index (χ1v) is 9.57. The molecule has 1 N–H and O–H groups in total. The number of benzene rings is 1. The molecular formula is C16H16N4O5S. The van der Waals surface area contributed by atoms with Crippen LogP contribution in [-0.2, 0) is 10.0 Å². The van der Waals surface area contributed by atoms with E-state index in [0.29, 0.717) is 18.7 Å². The van der Waals surface area contributed by atoms with E-state index in [1.807, 2.05) is 0 Å². The molecule has 0 radical (unpaired) electrons. The molecule has 26 heavy (non-hydrogen) atoms. The van der Waals surface area contributed by atoms with E-state index in [1.165, 1.54) is 18.2 Å². The monoisotopic (exact) mass is 376 g/mol.